The second kappa shape index (κ2) is 8.23. The van der Waals surface area contributed by atoms with Gasteiger partial charge in [-0.3, -0.25) is 0 Å². The molecule has 8 heteroatoms. The molecule has 2 saturated heterocycles. The first-order valence-corrected chi connectivity index (χ1v) is 7.52. The largest absolute Gasteiger partial charge is 0.364 e. The molecule has 0 aliphatic carbocycles. The summed E-state index contributed by atoms with van der Waals surface area (Å²) in [6.07, 6.45) is 2.22. The molecule has 0 amide bonds. The molecule has 2 aliphatic heterocycles. The fourth-order valence-corrected chi connectivity index (χ4v) is 2.21. The van der Waals surface area contributed by atoms with Crippen LogP contribution in [0.25, 0.3) is 0 Å². The first-order valence-electron chi connectivity index (χ1n) is 7.52. The predicted octanol–water partition coefficient (Wildman–Crippen LogP) is -1.05. The molecule has 0 aromatic carbocycles. The van der Waals surface area contributed by atoms with Crippen molar-refractivity contribution in [1.82, 2.24) is 19.9 Å². The highest BCUT2D eigenvalue weighted by molar-refractivity contribution is 5.91. The first kappa shape index (κ1) is 16.9. The summed E-state index contributed by atoms with van der Waals surface area (Å²) in [4.78, 5) is 37.9. The van der Waals surface area contributed by atoms with Crippen LogP contribution in [-0.4, -0.2) is 98.3 Å². The van der Waals surface area contributed by atoms with Crippen LogP contribution in [0.3, 0.4) is 0 Å². The standard InChI is InChI=1S/C14H24N4O4/c1-15-5-9-17(10-6-15)21-13(19)3-4-14(20)22-18-11-7-16(2)8-12-18/h3-4H,5-12H2,1-2H3/b4-3+. The molecule has 0 unspecified atom stereocenters. The lowest BCUT2D eigenvalue weighted by molar-refractivity contribution is -0.193. The fraction of sp³-hybridized carbons (Fsp3) is 0.714. The lowest BCUT2D eigenvalue weighted by Gasteiger charge is -2.30. The second-order valence-electron chi connectivity index (χ2n) is 5.62. The normalized spacial score (nSPS) is 22.8. The van der Waals surface area contributed by atoms with Gasteiger partial charge in [0.05, 0.1) is 0 Å². The highest BCUT2D eigenvalue weighted by Gasteiger charge is 2.18. The van der Waals surface area contributed by atoms with Crippen LogP contribution in [0.15, 0.2) is 12.2 Å². The molecule has 0 saturated carbocycles. The van der Waals surface area contributed by atoms with Gasteiger partial charge in [-0.1, -0.05) is 0 Å². The number of carbonyl (C=O) groups excluding carboxylic acids is 2. The number of nitrogens with zero attached hydrogens (tertiary/aromatic N) is 4. The number of hydrogen-bond donors (Lipinski definition) is 0. The zero-order valence-corrected chi connectivity index (χ0v) is 13.2. The van der Waals surface area contributed by atoms with Crippen molar-refractivity contribution < 1.29 is 19.3 Å². The molecular weight excluding hydrogens is 288 g/mol. The van der Waals surface area contributed by atoms with Gasteiger partial charge in [0, 0.05) is 64.5 Å². The van der Waals surface area contributed by atoms with Gasteiger partial charge in [0.1, 0.15) is 0 Å². The summed E-state index contributed by atoms with van der Waals surface area (Å²) in [5.74, 6) is -1.11. The molecule has 0 spiro atoms. The molecular formula is C14H24N4O4. The molecule has 0 N–H and O–H groups in total. The fourth-order valence-electron chi connectivity index (χ4n) is 2.21. The number of hydrogen-bond acceptors (Lipinski definition) is 8. The molecule has 2 rings (SSSR count). The maximum atomic E-state index is 11.6. The van der Waals surface area contributed by atoms with Crippen molar-refractivity contribution in [2.45, 2.75) is 0 Å². The molecule has 0 radical (unpaired) electrons. The van der Waals surface area contributed by atoms with E-state index < -0.39 is 11.9 Å². The minimum atomic E-state index is -0.556. The van der Waals surface area contributed by atoms with E-state index in [9.17, 15) is 9.59 Å². The Bertz CT molecular complexity index is 375. The van der Waals surface area contributed by atoms with Crippen molar-refractivity contribution in [2.75, 3.05) is 66.5 Å². The van der Waals surface area contributed by atoms with Crippen molar-refractivity contribution >= 4 is 11.9 Å². The Morgan fingerprint density at radius 1 is 0.682 bits per heavy atom. The van der Waals surface area contributed by atoms with Crippen molar-refractivity contribution in [3.8, 4) is 0 Å². The van der Waals surface area contributed by atoms with Gasteiger partial charge in [-0.25, -0.2) is 9.59 Å². The molecule has 0 bridgehead atoms. The topological polar surface area (TPSA) is 65.6 Å². The van der Waals surface area contributed by atoms with Gasteiger partial charge in [-0.05, 0) is 14.1 Å². The van der Waals surface area contributed by atoms with Crippen LogP contribution in [0.4, 0.5) is 0 Å². The van der Waals surface area contributed by atoms with E-state index in [0.29, 0.717) is 26.2 Å². The summed E-state index contributed by atoms with van der Waals surface area (Å²) in [6.45, 7) is 6.07. The number of hydroxylamine groups is 4. The zero-order chi connectivity index (χ0) is 15.9. The third kappa shape index (κ3) is 5.72. The van der Waals surface area contributed by atoms with Crippen LogP contribution in [0, 0.1) is 0 Å². The van der Waals surface area contributed by atoms with Gasteiger partial charge in [0.15, 0.2) is 0 Å². The molecule has 2 aliphatic rings. The van der Waals surface area contributed by atoms with Crippen molar-refractivity contribution in [1.29, 1.82) is 0 Å². The molecule has 0 aromatic heterocycles. The smallest absolute Gasteiger partial charge is 0.349 e. The van der Waals surface area contributed by atoms with Crippen molar-refractivity contribution in [2.24, 2.45) is 0 Å². The van der Waals surface area contributed by atoms with Crippen LogP contribution in [-0.2, 0) is 19.3 Å². The minimum absolute atomic E-state index is 0.556. The molecule has 22 heavy (non-hydrogen) atoms. The molecule has 124 valence electrons. The van der Waals surface area contributed by atoms with E-state index in [0.717, 1.165) is 38.3 Å². The van der Waals surface area contributed by atoms with E-state index in [-0.39, 0.29) is 0 Å². The Hall–Kier alpha value is -1.48. The zero-order valence-electron chi connectivity index (χ0n) is 13.2. The number of likely N-dealkylation sites (N-methyl/N-ethyl adjacent to an activating group) is 2. The van der Waals surface area contributed by atoms with Gasteiger partial charge < -0.3 is 19.5 Å². The third-order valence-electron chi connectivity index (χ3n) is 3.72. The van der Waals surface area contributed by atoms with Crippen molar-refractivity contribution in [3.05, 3.63) is 12.2 Å². The highest BCUT2D eigenvalue weighted by atomic mass is 16.7. The number of carbonyl (C=O) groups is 2. The molecule has 8 nitrogen and oxygen atoms in total. The first-order chi connectivity index (χ1) is 10.5. The average molecular weight is 312 g/mol. The Balaban J connectivity index is 1.67. The van der Waals surface area contributed by atoms with E-state index >= 15 is 0 Å². The average Bonchev–Trinajstić information content (AvgIpc) is 2.50. The van der Waals surface area contributed by atoms with Crippen LogP contribution in [0.2, 0.25) is 0 Å². The lowest BCUT2D eigenvalue weighted by atomic mass is 10.4. The van der Waals surface area contributed by atoms with Gasteiger partial charge in [0.25, 0.3) is 0 Å². The monoisotopic (exact) mass is 312 g/mol. The van der Waals surface area contributed by atoms with E-state index in [1.807, 2.05) is 14.1 Å². The predicted molar refractivity (Wildman–Crippen MR) is 79.5 cm³/mol. The Morgan fingerprint density at radius 3 is 1.32 bits per heavy atom. The van der Waals surface area contributed by atoms with E-state index in [4.69, 9.17) is 9.68 Å². The van der Waals surface area contributed by atoms with Crippen LogP contribution in [0.1, 0.15) is 0 Å². The molecule has 2 heterocycles. The molecule has 0 atom stereocenters. The summed E-state index contributed by atoms with van der Waals surface area (Å²) in [5, 5.41) is 3.22. The van der Waals surface area contributed by atoms with E-state index in [2.05, 4.69) is 9.80 Å². The summed E-state index contributed by atoms with van der Waals surface area (Å²) in [7, 11) is 4.04. The quantitative estimate of drug-likeness (QED) is 0.610. The summed E-state index contributed by atoms with van der Waals surface area (Å²) >= 11 is 0. The second-order valence-corrected chi connectivity index (χ2v) is 5.62. The molecule has 0 aromatic rings. The number of piperazine rings is 2. The summed E-state index contributed by atoms with van der Waals surface area (Å²) in [5.41, 5.74) is 0. The third-order valence-corrected chi connectivity index (χ3v) is 3.72. The van der Waals surface area contributed by atoms with Crippen molar-refractivity contribution in [3.63, 3.8) is 0 Å². The Labute approximate surface area is 130 Å². The SMILES string of the molecule is CN1CCN(OC(=O)/C=C/C(=O)ON2CCN(C)CC2)CC1. The van der Waals surface area contributed by atoms with E-state index in [1.165, 1.54) is 0 Å². The number of rotatable bonds is 4. The van der Waals surface area contributed by atoms with Crippen LogP contribution >= 0.6 is 0 Å². The van der Waals surface area contributed by atoms with E-state index in [1.54, 1.807) is 10.1 Å². The van der Waals surface area contributed by atoms with Gasteiger partial charge in [-0.15, -0.1) is 10.1 Å². The maximum Gasteiger partial charge on any atom is 0.349 e. The Morgan fingerprint density at radius 2 is 1.00 bits per heavy atom. The highest BCUT2D eigenvalue weighted by Crippen LogP contribution is 2.02. The minimum Gasteiger partial charge on any atom is -0.364 e. The summed E-state index contributed by atoms with van der Waals surface area (Å²) in [6, 6.07) is 0. The Kier molecular flexibility index (Phi) is 6.32. The molecule has 2 fully saturated rings. The van der Waals surface area contributed by atoms with Gasteiger partial charge in [-0.2, -0.15) is 0 Å². The van der Waals surface area contributed by atoms with Crippen LogP contribution < -0.4 is 0 Å². The maximum absolute atomic E-state index is 11.6. The lowest BCUT2D eigenvalue weighted by Crippen LogP contribution is -2.45. The van der Waals surface area contributed by atoms with Gasteiger partial charge in [0.2, 0.25) is 0 Å². The van der Waals surface area contributed by atoms with Crippen LogP contribution in [0.5, 0.6) is 0 Å². The summed E-state index contributed by atoms with van der Waals surface area (Å²) < 4.78 is 0. The van der Waals surface area contributed by atoms with Gasteiger partial charge >= 0.3 is 11.9 Å².